The largest absolute Gasteiger partial charge is 0.441 e. The van der Waals surface area contributed by atoms with Gasteiger partial charge < -0.3 is 5.32 Å². The first kappa shape index (κ1) is 13.4. The molecule has 0 saturated carbocycles. The van der Waals surface area contributed by atoms with E-state index in [1.165, 1.54) is 0 Å². The van der Waals surface area contributed by atoms with E-state index in [-0.39, 0.29) is 17.5 Å². The average Bonchev–Trinajstić information content (AvgIpc) is 2.01. The molecule has 0 aliphatic heterocycles. The third kappa shape index (κ3) is 12.4. The molecule has 0 unspecified atom stereocenters. The molecule has 0 aromatic heterocycles. The van der Waals surface area contributed by atoms with Crippen molar-refractivity contribution in [1.82, 2.24) is 5.32 Å². The van der Waals surface area contributed by atoms with Crippen LogP contribution in [0, 0.1) is 0 Å². The Hall–Kier alpha value is 0.450. The van der Waals surface area contributed by atoms with E-state index in [4.69, 9.17) is 0 Å². The number of thioether (sulfide) groups is 2. The third-order valence-corrected chi connectivity index (χ3v) is 2.68. The highest BCUT2D eigenvalue weighted by molar-refractivity contribution is 8.00. The van der Waals surface area contributed by atoms with Crippen LogP contribution >= 0.6 is 23.5 Å². The molecule has 0 amide bonds. The third-order valence-electron chi connectivity index (χ3n) is 1.25. The topological polar surface area (TPSA) is 12.0 Å². The van der Waals surface area contributed by atoms with Crippen molar-refractivity contribution in [2.24, 2.45) is 0 Å². The van der Waals surface area contributed by atoms with Gasteiger partial charge in [-0.1, -0.05) is 0 Å². The van der Waals surface area contributed by atoms with Crippen molar-refractivity contribution in [3.63, 3.8) is 0 Å². The average molecular weight is 233 g/mol. The highest BCUT2D eigenvalue weighted by Crippen LogP contribution is 2.29. The molecule has 1 nitrogen and oxygen atoms in total. The summed E-state index contributed by atoms with van der Waals surface area (Å²) in [5.74, 6) is 1.15. The summed E-state index contributed by atoms with van der Waals surface area (Å²) >= 11 is 1.77. The number of hydrogen-bond donors (Lipinski definition) is 1. The Morgan fingerprint density at radius 3 is 2.38 bits per heavy atom. The van der Waals surface area contributed by atoms with Crippen LogP contribution in [0.3, 0.4) is 0 Å². The zero-order chi connectivity index (χ0) is 10.2. The standard InChI is InChI=1S/C7H14F3NS2/c1-12-5-2-3-11-4-6-13-7(8,9)10/h11H,2-6H2,1H3. The van der Waals surface area contributed by atoms with Gasteiger partial charge in [0.2, 0.25) is 0 Å². The second-order valence-electron chi connectivity index (χ2n) is 2.39. The van der Waals surface area contributed by atoms with Gasteiger partial charge >= 0.3 is 5.51 Å². The van der Waals surface area contributed by atoms with Gasteiger partial charge in [-0.15, -0.1) is 0 Å². The van der Waals surface area contributed by atoms with E-state index in [0.717, 1.165) is 18.7 Å². The van der Waals surface area contributed by atoms with Gasteiger partial charge in [-0.25, -0.2) is 0 Å². The fraction of sp³-hybridized carbons (Fsp3) is 1.00. The zero-order valence-corrected chi connectivity index (χ0v) is 9.12. The van der Waals surface area contributed by atoms with Gasteiger partial charge in [-0.2, -0.15) is 24.9 Å². The van der Waals surface area contributed by atoms with Crippen LogP contribution < -0.4 is 5.32 Å². The van der Waals surface area contributed by atoms with Gasteiger partial charge in [0.25, 0.3) is 0 Å². The fourth-order valence-corrected chi connectivity index (χ4v) is 1.62. The first-order valence-corrected chi connectivity index (χ1v) is 6.34. The van der Waals surface area contributed by atoms with Gasteiger partial charge in [-0.05, 0) is 36.7 Å². The number of alkyl halides is 3. The second-order valence-corrected chi connectivity index (χ2v) is 4.54. The van der Waals surface area contributed by atoms with Gasteiger partial charge in [0.1, 0.15) is 0 Å². The van der Waals surface area contributed by atoms with Crippen molar-refractivity contribution < 1.29 is 13.2 Å². The number of hydrogen-bond acceptors (Lipinski definition) is 3. The SMILES string of the molecule is CSCCCNCCSC(F)(F)F. The first-order valence-electron chi connectivity index (χ1n) is 3.96. The summed E-state index contributed by atoms with van der Waals surface area (Å²) in [6, 6.07) is 0. The Morgan fingerprint density at radius 1 is 1.15 bits per heavy atom. The van der Waals surface area contributed by atoms with Crippen LogP contribution in [0.15, 0.2) is 0 Å². The Bertz CT molecular complexity index is 119. The van der Waals surface area contributed by atoms with Crippen LogP contribution in [0.2, 0.25) is 0 Å². The van der Waals surface area contributed by atoms with Crippen molar-refractivity contribution >= 4 is 23.5 Å². The summed E-state index contributed by atoms with van der Waals surface area (Å²) < 4.78 is 34.9. The Balaban J connectivity index is 3.00. The van der Waals surface area contributed by atoms with Crippen LogP contribution in [-0.4, -0.2) is 36.4 Å². The van der Waals surface area contributed by atoms with E-state index >= 15 is 0 Å². The van der Waals surface area contributed by atoms with Crippen molar-refractivity contribution in [2.45, 2.75) is 11.9 Å². The predicted molar refractivity (Wildman–Crippen MR) is 54.4 cm³/mol. The molecule has 0 aliphatic carbocycles. The smallest absolute Gasteiger partial charge is 0.316 e. The van der Waals surface area contributed by atoms with E-state index in [1.54, 1.807) is 11.8 Å². The van der Waals surface area contributed by atoms with Crippen LogP contribution in [0.1, 0.15) is 6.42 Å². The lowest BCUT2D eigenvalue weighted by atomic mass is 10.5. The number of nitrogens with one attached hydrogen (secondary N) is 1. The molecule has 0 spiro atoms. The van der Waals surface area contributed by atoms with Gasteiger partial charge in [0.15, 0.2) is 0 Å². The van der Waals surface area contributed by atoms with E-state index in [2.05, 4.69) is 5.32 Å². The lowest BCUT2D eigenvalue weighted by molar-refractivity contribution is -0.0327. The summed E-state index contributed by atoms with van der Waals surface area (Å²) in [6.07, 6.45) is 3.03. The van der Waals surface area contributed by atoms with Crippen molar-refractivity contribution in [1.29, 1.82) is 0 Å². The maximum atomic E-state index is 11.6. The Kier molecular flexibility index (Phi) is 8.09. The predicted octanol–water partition coefficient (Wildman–Crippen LogP) is 2.58. The van der Waals surface area contributed by atoms with Gasteiger partial charge in [-0.3, -0.25) is 0 Å². The van der Waals surface area contributed by atoms with E-state index in [9.17, 15) is 13.2 Å². The molecule has 0 aromatic carbocycles. The number of rotatable bonds is 7. The summed E-state index contributed by atoms with van der Waals surface area (Å²) in [6.45, 7) is 1.23. The lowest BCUT2D eigenvalue weighted by Gasteiger charge is -2.06. The van der Waals surface area contributed by atoms with Crippen LogP contribution in [0.5, 0.6) is 0 Å². The quantitative estimate of drug-likeness (QED) is 0.679. The highest BCUT2D eigenvalue weighted by Gasteiger charge is 2.27. The molecule has 0 atom stereocenters. The minimum absolute atomic E-state index is 0.0297. The molecule has 1 N–H and O–H groups in total. The molecule has 0 aromatic rings. The summed E-state index contributed by atoms with van der Waals surface area (Å²) in [4.78, 5) is 0. The second kappa shape index (κ2) is 7.82. The molecule has 0 rings (SSSR count). The summed E-state index contributed by atoms with van der Waals surface area (Å²) in [7, 11) is 0. The van der Waals surface area contributed by atoms with Crippen molar-refractivity contribution in [2.75, 3.05) is 30.9 Å². The molecular weight excluding hydrogens is 219 g/mol. The zero-order valence-electron chi connectivity index (χ0n) is 7.49. The Morgan fingerprint density at radius 2 is 1.85 bits per heavy atom. The molecule has 0 fully saturated rings. The van der Waals surface area contributed by atoms with E-state index in [1.807, 2.05) is 6.26 Å². The van der Waals surface area contributed by atoms with Crippen molar-refractivity contribution in [3.8, 4) is 0 Å². The van der Waals surface area contributed by atoms with E-state index < -0.39 is 5.51 Å². The van der Waals surface area contributed by atoms with Crippen LogP contribution in [0.25, 0.3) is 0 Å². The molecule has 0 radical (unpaired) electrons. The molecule has 0 heterocycles. The number of halogens is 3. The minimum atomic E-state index is -4.08. The lowest BCUT2D eigenvalue weighted by Crippen LogP contribution is -2.20. The molecule has 6 heteroatoms. The molecule has 0 saturated heterocycles. The van der Waals surface area contributed by atoms with Crippen molar-refractivity contribution in [3.05, 3.63) is 0 Å². The van der Waals surface area contributed by atoms with Gasteiger partial charge in [0, 0.05) is 12.3 Å². The maximum absolute atomic E-state index is 11.6. The maximum Gasteiger partial charge on any atom is 0.441 e. The first-order chi connectivity index (χ1) is 6.06. The molecular formula is C7H14F3NS2. The molecule has 80 valence electrons. The van der Waals surface area contributed by atoms with Crippen LogP contribution in [-0.2, 0) is 0 Å². The summed E-state index contributed by atoms with van der Waals surface area (Å²) in [5.41, 5.74) is -4.08. The molecule has 0 bridgehead atoms. The van der Waals surface area contributed by atoms with Gasteiger partial charge in [0.05, 0.1) is 0 Å². The molecule has 13 heavy (non-hydrogen) atoms. The Labute approximate surface area is 85.2 Å². The highest BCUT2D eigenvalue weighted by atomic mass is 32.2. The van der Waals surface area contributed by atoms with E-state index in [0.29, 0.717) is 6.54 Å². The summed E-state index contributed by atoms with van der Waals surface area (Å²) in [5, 5.41) is 2.96. The normalized spacial score (nSPS) is 12.0. The van der Waals surface area contributed by atoms with Crippen LogP contribution in [0.4, 0.5) is 13.2 Å². The minimum Gasteiger partial charge on any atom is -0.316 e. The molecule has 0 aliphatic rings. The fourth-order valence-electron chi connectivity index (χ4n) is 0.705. The monoisotopic (exact) mass is 233 g/mol.